The molecule has 2 aromatic carbocycles. The van der Waals surface area contributed by atoms with Crippen molar-refractivity contribution in [2.75, 3.05) is 0 Å². The molecule has 0 atom stereocenters. The Kier molecular flexibility index (Phi) is 5.22. The molecule has 0 aliphatic rings. The second kappa shape index (κ2) is 8.19. The maximum atomic E-state index is 13.5. The van der Waals surface area contributed by atoms with Crippen molar-refractivity contribution in [2.45, 2.75) is 44.6 Å². The molecule has 0 radical (unpaired) electrons. The summed E-state index contributed by atoms with van der Waals surface area (Å²) in [5.41, 5.74) is 3.53. The first-order chi connectivity index (χ1) is 15.6. The summed E-state index contributed by atoms with van der Waals surface area (Å²) in [5, 5.41) is 22.2. The summed E-state index contributed by atoms with van der Waals surface area (Å²) in [5.74, 6) is 1.81. The monoisotopic (exact) mass is 446 g/mol. The fourth-order valence-corrected chi connectivity index (χ4v) is 4.66. The first-order valence-electron chi connectivity index (χ1n) is 10.4. The number of hydrogen-bond donors (Lipinski definition) is 0. The highest BCUT2D eigenvalue weighted by Crippen LogP contribution is 2.26. The van der Waals surface area contributed by atoms with Gasteiger partial charge in [-0.3, -0.25) is 9.20 Å². The predicted molar refractivity (Wildman–Crippen MR) is 123 cm³/mol. The summed E-state index contributed by atoms with van der Waals surface area (Å²) >= 11 is 1.50. The Morgan fingerprint density at radius 3 is 2.72 bits per heavy atom. The minimum absolute atomic E-state index is 0.113. The number of hydrogen-bond acceptors (Lipinski definition) is 7. The molecule has 0 saturated carbocycles. The molecule has 32 heavy (non-hydrogen) atoms. The number of nitrogens with zero attached hydrogens (tertiary/aromatic N) is 8. The molecule has 3 heterocycles. The maximum Gasteiger partial charge on any atom is 0.267 e. The summed E-state index contributed by atoms with van der Waals surface area (Å²) in [6, 6.07) is 13.6. The third-order valence-electron chi connectivity index (χ3n) is 5.37. The molecule has 0 bridgehead atoms. The quantitative estimate of drug-likeness (QED) is 0.369. The van der Waals surface area contributed by atoms with Gasteiger partial charge in [-0.05, 0) is 60.0 Å². The summed E-state index contributed by atoms with van der Waals surface area (Å²) in [7, 11) is 0. The average molecular weight is 447 g/mol. The van der Waals surface area contributed by atoms with Crippen LogP contribution in [0.4, 0.5) is 0 Å². The first kappa shape index (κ1) is 20.4. The molecule has 0 spiro atoms. The molecule has 5 aromatic rings. The molecule has 5 rings (SSSR count). The maximum absolute atomic E-state index is 13.5. The van der Waals surface area contributed by atoms with Gasteiger partial charge in [0.15, 0.2) is 11.0 Å². The Morgan fingerprint density at radius 2 is 1.88 bits per heavy atom. The van der Waals surface area contributed by atoms with Crippen LogP contribution in [0.3, 0.4) is 0 Å². The fraction of sp³-hybridized carbons (Fsp3) is 0.273. The number of rotatable bonds is 6. The van der Waals surface area contributed by atoms with Crippen LogP contribution in [0.15, 0.2) is 52.4 Å². The van der Waals surface area contributed by atoms with Crippen LogP contribution in [-0.4, -0.2) is 39.4 Å². The lowest BCUT2D eigenvalue weighted by Crippen LogP contribution is -2.22. The minimum Gasteiger partial charge on any atom is -0.268 e. The molecule has 0 saturated heterocycles. The molecular formula is C22H22N8OS. The highest BCUT2D eigenvalue weighted by molar-refractivity contribution is 7.98. The van der Waals surface area contributed by atoms with E-state index in [1.54, 1.807) is 9.25 Å². The van der Waals surface area contributed by atoms with Crippen LogP contribution in [-0.2, 0) is 12.3 Å². The van der Waals surface area contributed by atoms with Crippen LogP contribution in [0.2, 0.25) is 0 Å². The number of fused-ring (bicyclic) bond motifs is 3. The second-order valence-corrected chi connectivity index (χ2v) is 8.62. The predicted octanol–water partition coefficient (Wildman–Crippen LogP) is 3.34. The second-order valence-electron chi connectivity index (χ2n) is 7.67. The van der Waals surface area contributed by atoms with Gasteiger partial charge in [-0.15, -0.1) is 15.3 Å². The topological polar surface area (TPSA) is 95.8 Å². The number of aromatic nitrogens is 8. The Balaban J connectivity index is 1.70. The summed E-state index contributed by atoms with van der Waals surface area (Å²) in [6.45, 7) is 6.85. The van der Waals surface area contributed by atoms with Gasteiger partial charge in [0, 0.05) is 6.54 Å². The Morgan fingerprint density at radius 1 is 1.03 bits per heavy atom. The average Bonchev–Trinajstić information content (AvgIpc) is 3.42. The van der Waals surface area contributed by atoms with Crippen molar-refractivity contribution in [1.29, 1.82) is 0 Å². The van der Waals surface area contributed by atoms with Crippen molar-refractivity contribution in [3.8, 4) is 5.69 Å². The molecule has 9 nitrogen and oxygen atoms in total. The van der Waals surface area contributed by atoms with E-state index in [0.29, 0.717) is 22.1 Å². The molecule has 0 aliphatic heterocycles. The lowest BCUT2D eigenvalue weighted by atomic mass is 10.1. The van der Waals surface area contributed by atoms with E-state index in [9.17, 15) is 4.79 Å². The summed E-state index contributed by atoms with van der Waals surface area (Å²) in [6.07, 6.45) is 0.948. The largest absolute Gasteiger partial charge is 0.268 e. The highest BCUT2D eigenvalue weighted by Gasteiger charge is 2.19. The zero-order valence-corrected chi connectivity index (χ0v) is 18.9. The minimum atomic E-state index is -0.113. The van der Waals surface area contributed by atoms with Gasteiger partial charge >= 0.3 is 0 Å². The molecule has 162 valence electrons. The van der Waals surface area contributed by atoms with Crippen molar-refractivity contribution in [1.82, 2.24) is 39.4 Å². The van der Waals surface area contributed by atoms with E-state index in [-0.39, 0.29) is 5.56 Å². The van der Waals surface area contributed by atoms with Gasteiger partial charge in [0.1, 0.15) is 0 Å². The Labute approximate surface area is 188 Å². The van der Waals surface area contributed by atoms with Crippen molar-refractivity contribution < 1.29 is 0 Å². The Hall–Kier alpha value is -3.53. The molecule has 10 heteroatoms. The Bertz CT molecular complexity index is 1500. The number of benzene rings is 2. The van der Waals surface area contributed by atoms with Gasteiger partial charge in [-0.2, -0.15) is 0 Å². The van der Waals surface area contributed by atoms with Gasteiger partial charge < -0.3 is 0 Å². The first-order valence-corrected chi connectivity index (χ1v) is 11.4. The van der Waals surface area contributed by atoms with Gasteiger partial charge in [-0.25, -0.2) is 9.25 Å². The molecule has 3 aromatic heterocycles. The van der Waals surface area contributed by atoms with E-state index in [2.05, 4.69) is 32.6 Å². The van der Waals surface area contributed by atoms with Crippen LogP contribution in [0.5, 0.6) is 0 Å². The lowest BCUT2D eigenvalue weighted by molar-refractivity contribution is 0.564. The van der Waals surface area contributed by atoms with Crippen LogP contribution >= 0.6 is 11.8 Å². The van der Waals surface area contributed by atoms with Crippen molar-refractivity contribution in [2.24, 2.45) is 0 Å². The normalized spacial score (nSPS) is 11.6. The van der Waals surface area contributed by atoms with E-state index in [0.717, 1.165) is 41.1 Å². The third-order valence-corrected chi connectivity index (χ3v) is 6.30. The van der Waals surface area contributed by atoms with Gasteiger partial charge in [0.2, 0.25) is 5.78 Å². The summed E-state index contributed by atoms with van der Waals surface area (Å²) < 4.78 is 5.40. The van der Waals surface area contributed by atoms with Crippen LogP contribution < -0.4 is 5.56 Å². The van der Waals surface area contributed by atoms with E-state index in [1.807, 2.05) is 60.7 Å². The van der Waals surface area contributed by atoms with Crippen LogP contribution in [0.25, 0.3) is 22.4 Å². The lowest BCUT2D eigenvalue weighted by Gasteiger charge is -2.14. The zero-order chi connectivity index (χ0) is 22.2. The van der Waals surface area contributed by atoms with Gasteiger partial charge in [-0.1, -0.05) is 43.0 Å². The molecule has 0 unspecified atom stereocenters. The van der Waals surface area contributed by atoms with Crippen LogP contribution in [0.1, 0.15) is 30.3 Å². The van der Waals surface area contributed by atoms with E-state index in [4.69, 9.17) is 0 Å². The van der Waals surface area contributed by atoms with Crippen molar-refractivity contribution in [3.63, 3.8) is 0 Å². The molecule has 0 N–H and O–H groups in total. The smallest absolute Gasteiger partial charge is 0.267 e. The SMILES string of the molecule is CCCn1nnnc1CSc1nnc2n(-c3cc(C)ccc3C)c(=O)c3ccccc3n12. The standard InChI is InChI=1S/C22H22N8OS/c1-4-11-28-19(23-26-27-28)13-32-22-25-24-21-29(18-12-14(2)9-10-15(18)3)20(31)16-7-5-6-8-17(16)30(21)22/h5-10,12H,4,11,13H2,1-3H3. The fourth-order valence-electron chi connectivity index (χ4n) is 3.79. The molecular weight excluding hydrogens is 424 g/mol. The third kappa shape index (κ3) is 3.36. The molecule has 0 amide bonds. The number of tetrazole rings is 1. The van der Waals surface area contributed by atoms with Gasteiger partial charge in [0.25, 0.3) is 5.56 Å². The number of para-hydroxylation sites is 1. The van der Waals surface area contributed by atoms with E-state index < -0.39 is 0 Å². The van der Waals surface area contributed by atoms with E-state index >= 15 is 0 Å². The van der Waals surface area contributed by atoms with Crippen molar-refractivity contribution >= 4 is 28.4 Å². The summed E-state index contributed by atoms with van der Waals surface area (Å²) in [4.78, 5) is 13.5. The number of thioether (sulfide) groups is 1. The number of aryl methyl sites for hydroxylation is 3. The van der Waals surface area contributed by atoms with Gasteiger partial charge in [0.05, 0.1) is 22.3 Å². The van der Waals surface area contributed by atoms with Crippen molar-refractivity contribution in [3.05, 3.63) is 69.8 Å². The molecule has 0 aliphatic carbocycles. The molecule has 0 fully saturated rings. The zero-order valence-electron chi connectivity index (χ0n) is 18.1. The van der Waals surface area contributed by atoms with E-state index in [1.165, 1.54) is 11.8 Å². The van der Waals surface area contributed by atoms with Crippen LogP contribution in [0, 0.1) is 13.8 Å². The highest BCUT2D eigenvalue weighted by atomic mass is 32.2.